The fourth-order valence-corrected chi connectivity index (χ4v) is 5.10. The van der Waals surface area contributed by atoms with Gasteiger partial charge in [0.25, 0.3) is 0 Å². The van der Waals surface area contributed by atoms with Gasteiger partial charge in [-0.05, 0) is 25.1 Å². The maximum atomic E-state index is 13.9. The van der Waals surface area contributed by atoms with Gasteiger partial charge in [0.05, 0.1) is 26.2 Å². The molecule has 2 aromatic carbocycles. The second-order valence-electron chi connectivity index (χ2n) is 6.38. The van der Waals surface area contributed by atoms with Crippen molar-refractivity contribution in [3.63, 3.8) is 0 Å². The molecular formula is C18H20ClF2N2O2S+. The van der Waals surface area contributed by atoms with Gasteiger partial charge in [0.2, 0.25) is 10.0 Å². The minimum Gasteiger partial charge on any atom is -0.327 e. The number of nitrogens with one attached hydrogen (secondary N) is 1. The van der Waals surface area contributed by atoms with Gasteiger partial charge in [-0.3, -0.25) is 0 Å². The Morgan fingerprint density at radius 1 is 1.12 bits per heavy atom. The first-order valence-electron chi connectivity index (χ1n) is 8.35. The average Bonchev–Trinajstić information content (AvgIpc) is 2.61. The quantitative estimate of drug-likeness (QED) is 0.854. The first-order valence-corrected chi connectivity index (χ1v) is 10.2. The second kappa shape index (κ2) is 7.60. The van der Waals surface area contributed by atoms with Crippen LogP contribution >= 0.6 is 11.6 Å². The van der Waals surface area contributed by atoms with Crippen LogP contribution in [0, 0.1) is 11.6 Å². The minimum absolute atomic E-state index is 0.121. The van der Waals surface area contributed by atoms with E-state index in [4.69, 9.17) is 11.6 Å². The smallest absolute Gasteiger partial charge is 0.246 e. The Kier molecular flexibility index (Phi) is 5.62. The van der Waals surface area contributed by atoms with Crippen LogP contribution in [0.2, 0.25) is 5.02 Å². The largest absolute Gasteiger partial charge is 0.327 e. The molecule has 0 aromatic heterocycles. The highest BCUT2D eigenvalue weighted by molar-refractivity contribution is 7.89. The number of hydrogen-bond donors (Lipinski definition) is 1. The molecule has 0 unspecified atom stereocenters. The summed E-state index contributed by atoms with van der Waals surface area (Å²) in [7, 11) is -3.98. The van der Waals surface area contributed by atoms with Crippen LogP contribution in [0.15, 0.2) is 47.4 Å². The lowest BCUT2D eigenvalue weighted by molar-refractivity contribution is -0.933. The Balaban J connectivity index is 1.73. The summed E-state index contributed by atoms with van der Waals surface area (Å²) in [5.74, 6) is -1.87. The summed E-state index contributed by atoms with van der Waals surface area (Å²) in [6.45, 7) is 3.75. The third kappa shape index (κ3) is 3.76. The number of piperazine rings is 1. The van der Waals surface area contributed by atoms with Crippen molar-refractivity contribution in [3.8, 4) is 0 Å². The predicted molar refractivity (Wildman–Crippen MR) is 95.7 cm³/mol. The lowest BCUT2D eigenvalue weighted by Crippen LogP contribution is -3.14. The fourth-order valence-electron chi connectivity index (χ4n) is 3.32. The van der Waals surface area contributed by atoms with Gasteiger partial charge >= 0.3 is 0 Å². The molecule has 1 N–H and O–H groups in total. The van der Waals surface area contributed by atoms with E-state index < -0.39 is 26.6 Å². The number of sulfonamides is 1. The standard InChI is InChI=1S/C18H19ClF2N2O2S/c1-13(15-4-2-3-5-16(15)19)22-8-10-23(11-9-22)26(24,25)18-7-6-14(20)12-17(18)21/h2-7,12-13H,8-11H2,1H3/p+1/t13-/m1/s1. The molecule has 0 saturated carbocycles. The second-order valence-corrected chi connectivity index (χ2v) is 8.69. The molecule has 3 rings (SSSR count). The number of hydrogen-bond acceptors (Lipinski definition) is 2. The number of benzene rings is 2. The number of rotatable bonds is 4. The highest BCUT2D eigenvalue weighted by Gasteiger charge is 2.34. The van der Waals surface area contributed by atoms with Crippen molar-refractivity contribution in [3.05, 3.63) is 64.7 Å². The van der Waals surface area contributed by atoms with Gasteiger partial charge < -0.3 is 4.90 Å². The molecule has 0 aliphatic carbocycles. The molecule has 0 bridgehead atoms. The van der Waals surface area contributed by atoms with E-state index in [1.54, 1.807) is 0 Å². The Hall–Kier alpha value is -1.54. The van der Waals surface area contributed by atoms with Crippen LogP contribution < -0.4 is 4.90 Å². The molecule has 140 valence electrons. The number of quaternary nitrogens is 1. The highest BCUT2D eigenvalue weighted by Crippen LogP contribution is 2.22. The molecular weight excluding hydrogens is 382 g/mol. The van der Waals surface area contributed by atoms with Crippen molar-refractivity contribution in [2.24, 2.45) is 0 Å². The van der Waals surface area contributed by atoms with E-state index in [2.05, 4.69) is 6.92 Å². The van der Waals surface area contributed by atoms with E-state index in [1.165, 1.54) is 9.21 Å². The summed E-state index contributed by atoms with van der Waals surface area (Å²) in [4.78, 5) is 0.727. The Morgan fingerprint density at radius 3 is 2.38 bits per heavy atom. The van der Waals surface area contributed by atoms with Gasteiger partial charge in [0, 0.05) is 16.7 Å². The van der Waals surface area contributed by atoms with Crippen molar-refractivity contribution in [2.75, 3.05) is 26.2 Å². The van der Waals surface area contributed by atoms with Crippen molar-refractivity contribution in [1.82, 2.24) is 4.31 Å². The molecule has 1 aliphatic heterocycles. The van der Waals surface area contributed by atoms with Crippen LogP contribution in [-0.4, -0.2) is 38.9 Å². The summed E-state index contributed by atoms with van der Waals surface area (Å²) >= 11 is 6.26. The zero-order valence-corrected chi connectivity index (χ0v) is 15.8. The normalized spacial score (nSPS) is 18.0. The maximum absolute atomic E-state index is 13.9. The van der Waals surface area contributed by atoms with Crippen LogP contribution in [0.4, 0.5) is 8.78 Å². The van der Waals surface area contributed by atoms with E-state index in [-0.39, 0.29) is 19.1 Å². The van der Waals surface area contributed by atoms with E-state index in [0.29, 0.717) is 24.2 Å². The number of nitrogens with zero attached hydrogens (tertiary/aromatic N) is 1. The Morgan fingerprint density at radius 2 is 1.77 bits per heavy atom. The molecule has 1 atom stereocenters. The van der Waals surface area contributed by atoms with E-state index in [1.807, 2.05) is 24.3 Å². The van der Waals surface area contributed by atoms with Crippen molar-refractivity contribution in [1.29, 1.82) is 0 Å². The summed E-state index contributed by atoms with van der Waals surface area (Å²) in [6.07, 6.45) is 0. The molecule has 0 spiro atoms. The molecule has 0 radical (unpaired) electrons. The summed E-state index contributed by atoms with van der Waals surface area (Å²) in [6, 6.07) is 10.2. The third-order valence-corrected chi connectivity index (χ3v) is 7.14. The van der Waals surface area contributed by atoms with Gasteiger partial charge in [-0.1, -0.05) is 29.8 Å². The van der Waals surface area contributed by atoms with Gasteiger partial charge in [-0.2, -0.15) is 4.31 Å². The molecule has 1 aliphatic rings. The number of halogens is 3. The predicted octanol–water partition coefficient (Wildman–Crippen LogP) is 2.27. The molecule has 1 saturated heterocycles. The van der Waals surface area contributed by atoms with Crippen molar-refractivity contribution in [2.45, 2.75) is 17.9 Å². The average molecular weight is 402 g/mol. The van der Waals surface area contributed by atoms with E-state index in [9.17, 15) is 17.2 Å². The van der Waals surface area contributed by atoms with Gasteiger partial charge in [-0.25, -0.2) is 17.2 Å². The lowest BCUT2D eigenvalue weighted by Gasteiger charge is -2.35. The molecule has 8 heteroatoms. The monoisotopic (exact) mass is 401 g/mol. The van der Waals surface area contributed by atoms with Gasteiger partial charge in [0.15, 0.2) is 0 Å². The Bertz CT molecular complexity index is 900. The molecule has 4 nitrogen and oxygen atoms in total. The summed E-state index contributed by atoms with van der Waals surface area (Å²) in [5.41, 5.74) is 1.02. The van der Waals surface area contributed by atoms with Crippen molar-refractivity contribution >= 4 is 21.6 Å². The molecule has 1 fully saturated rings. The maximum Gasteiger partial charge on any atom is 0.246 e. The van der Waals surface area contributed by atoms with Crippen molar-refractivity contribution < 1.29 is 22.1 Å². The van der Waals surface area contributed by atoms with Crippen LogP contribution in [0.1, 0.15) is 18.5 Å². The van der Waals surface area contributed by atoms with E-state index >= 15 is 0 Å². The van der Waals surface area contributed by atoms with Crippen LogP contribution in [-0.2, 0) is 10.0 Å². The highest BCUT2D eigenvalue weighted by atomic mass is 35.5. The first-order chi connectivity index (χ1) is 12.3. The zero-order chi connectivity index (χ0) is 18.9. The lowest BCUT2D eigenvalue weighted by atomic mass is 10.1. The topological polar surface area (TPSA) is 41.8 Å². The summed E-state index contributed by atoms with van der Waals surface area (Å²) in [5, 5.41) is 0.691. The van der Waals surface area contributed by atoms with E-state index in [0.717, 1.165) is 17.7 Å². The molecule has 1 heterocycles. The summed E-state index contributed by atoms with van der Waals surface area (Å²) < 4.78 is 53.5. The van der Waals surface area contributed by atoms with Gasteiger partial charge in [-0.15, -0.1) is 0 Å². The SMILES string of the molecule is C[C@H](c1ccccc1Cl)[NH+]1CCN(S(=O)(=O)c2ccc(F)cc2F)CC1. The third-order valence-electron chi connectivity index (χ3n) is 4.86. The fraction of sp³-hybridized carbons (Fsp3) is 0.333. The molecule has 0 amide bonds. The zero-order valence-electron chi connectivity index (χ0n) is 14.3. The molecule has 2 aromatic rings. The van der Waals surface area contributed by atoms with Crippen LogP contribution in [0.25, 0.3) is 0 Å². The minimum atomic E-state index is -3.98. The van der Waals surface area contributed by atoms with Crippen LogP contribution in [0.3, 0.4) is 0 Å². The Labute approximate surface area is 157 Å². The van der Waals surface area contributed by atoms with Crippen LogP contribution in [0.5, 0.6) is 0 Å². The first kappa shape index (κ1) is 19.2. The molecule has 26 heavy (non-hydrogen) atoms. The van der Waals surface area contributed by atoms with Gasteiger partial charge in [0.1, 0.15) is 22.6 Å².